The molecule has 1 unspecified atom stereocenters. The third kappa shape index (κ3) is 4.13. The largest absolute Gasteiger partial charge is 0.497 e. The molecule has 0 aliphatic heterocycles. The second-order valence-electron chi connectivity index (χ2n) is 5.35. The van der Waals surface area contributed by atoms with Gasteiger partial charge in [-0.15, -0.1) is 0 Å². The monoisotopic (exact) mass is 326 g/mol. The van der Waals surface area contributed by atoms with Crippen molar-refractivity contribution in [2.75, 3.05) is 18.6 Å². The Bertz CT molecular complexity index is 684. The van der Waals surface area contributed by atoms with E-state index < -0.39 is 11.8 Å². The predicted octanol–water partition coefficient (Wildman–Crippen LogP) is 2.93. The first kappa shape index (κ1) is 17.5. The molecule has 0 aromatic heterocycles. The van der Waals surface area contributed by atoms with Gasteiger partial charge in [0.05, 0.1) is 13.2 Å². The first-order chi connectivity index (χ1) is 11.6. The SMILES string of the molecule is CCN(C(=O)C(=O)NC(C)c1ccc(OC)cc1)c1ccccc1. The molecule has 5 nitrogen and oxygen atoms in total. The lowest BCUT2D eigenvalue weighted by molar-refractivity contribution is -0.138. The van der Waals surface area contributed by atoms with Crippen LogP contribution in [0.25, 0.3) is 0 Å². The van der Waals surface area contributed by atoms with Gasteiger partial charge in [0.25, 0.3) is 0 Å². The number of rotatable bonds is 5. The minimum Gasteiger partial charge on any atom is -0.497 e. The third-order valence-electron chi connectivity index (χ3n) is 3.79. The molecule has 0 heterocycles. The molecule has 2 aromatic carbocycles. The van der Waals surface area contributed by atoms with Gasteiger partial charge in [-0.1, -0.05) is 30.3 Å². The van der Waals surface area contributed by atoms with Gasteiger partial charge in [-0.25, -0.2) is 0 Å². The van der Waals surface area contributed by atoms with Crippen LogP contribution < -0.4 is 15.0 Å². The fourth-order valence-electron chi connectivity index (χ4n) is 2.41. The lowest BCUT2D eigenvalue weighted by Crippen LogP contribution is -2.43. The molecule has 0 saturated carbocycles. The summed E-state index contributed by atoms with van der Waals surface area (Å²) in [5.74, 6) is -0.442. The molecule has 2 aromatic rings. The molecule has 0 bridgehead atoms. The molecule has 0 saturated heterocycles. The minimum atomic E-state index is -0.621. The maximum Gasteiger partial charge on any atom is 0.316 e. The zero-order chi connectivity index (χ0) is 17.5. The molecule has 0 aliphatic rings. The van der Waals surface area contributed by atoms with Gasteiger partial charge in [-0.2, -0.15) is 0 Å². The van der Waals surface area contributed by atoms with E-state index in [0.29, 0.717) is 12.2 Å². The van der Waals surface area contributed by atoms with Crippen LogP contribution in [0.5, 0.6) is 5.75 Å². The number of hydrogen-bond donors (Lipinski definition) is 1. The van der Waals surface area contributed by atoms with E-state index in [1.807, 2.05) is 68.4 Å². The van der Waals surface area contributed by atoms with E-state index in [1.165, 1.54) is 4.90 Å². The quantitative estimate of drug-likeness (QED) is 0.860. The van der Waals surface area contributed by atoms with Crippen LogP contribution in [-0.4, -0.2) is 25.5 Å². The summed E-state index contributed by atoms with van der Waals surface area (Å²) in [6.07, 6.45) is 0. The van der Waals surface area contributed by atoms with Gasteiger partial charge in [0.15, 0.2) is 0 Å². The van der Waals surface area contributed by atoms with Gasteiger partial charge in [0.2, 0.25) is 0 Å². The summed E-state index contributed by atoms with van der Waals surface area (Å²) in [6, 6.07) is 16.3. The van der Waals surface area contributed by atoms with Crippen LogP contribution in [0.15, 0.2) is 54.6 Å². The lowest BCUT2D eigenvalue weighted by Gasteiger charge is -2.22. The van der Waals surface area contributed by atoms with Gasteiger partial charge in [0.1, 0.15) is 5.75 Å². The van der Waals surface area contributed by atoms with Crippen molar-refractivity contribution in [2.24, 2.45) is 0 Å². The average molecular weight is 326 g/mol. The smallest absolute Gasteiger partial charge is 0.316 e. The highest BCUT2D eigenvalue weighted by Gasteiger charge is 2.23. The first-order valence-electron chi connectivity index (χ1n) is 7.88. The summed E-state index contributed by atoms with van der Waals surface area (Å²) >= 11 is 0. The summed E-state index contributed by atoms with van der Waals surface area (Å²) in [5.41, 5.74) is 1.61. The molecule has 24 heavy (non-hydrogen) atoms. The number of benzene rings is 2. The Hall–Kier alpha value is -2.82. The molecule has 1 atom stereocenters. The third-order valence-corrected chi connectivity index (χ3v) is 3.79. The Kier molecular flexibility index (Phi) is 5.95. The van der Waals surface area contributed by atoms with Crippen molar-refractivity contribution < 1.29 is 14.3 Å². The van der Waals surface area contributed by atoms with Crippen molar-refractivity contribution in [1.29, 1.82) is 0 Å². The number of carbonyl (C=O) groups excluding carboxylic acids is 2. The van der Waals surface area contributed by atoms with E-state index in [1.54, 1.807) is 7.11 Å². The number of methoxy groups -OCH3 is 1. The topological polar surface area (TPSA) is 58.6 Å². The van der Waals surface area contributed by atoms with Crippen molar-refractivity contribution >= 4 is 17.5 Å². The maximum absolute atomic E-state index is 12.4. The summed E-state index contributed by atoms with van der Waals surface area (Å²) in [6.45, 7) is 4.10. The summed E-state index contributed by atoms with van der Waals surface area (Å²) in [7, 11) is 1.60. The number of anilines is 1. The Morgan fingerprint density at radius 2 is 1.71 bits per heavy atom. The van der Waals surface area contributed by atoms with Crippen LogP contribution in [-0.2, 0) is 9.59 Å². The number of nitrogens with one attached hydrogen (secondary N) is 1. The summed E-state index contributed by atoms with van der Waals surface area (Å²) in [4.78, 5) is 26.2. The molecule has 2 rings (SSSR count). The Morgan fingerprint density at radius 1 is 1.08 bits per heavy atom. The lowest BCUT2D eigenvalue weighted by atomic mass is 10.1. The molecule has 2 amide bonds. The van der Waals surface area contributed by atoms with Gasteiger partial charge < -0.3 is 15.0 Å². The molecule has 1 N–H and O–H groups in total. The van der Waals surface area contributed by atoms with E-state index in [9.17, 15) is 9.59 Å². The van der Waals surface area contributed by atoms with E-state index in [0.717, 1.165) is 11.3 Å². The summed E-state index contributed by atoms with van der Waals surface area (Å²) in [5, 5.41) is 2.75. The van der Waals surface area contributed by atoms with Crippen LogP contribution in [0.1, 0.15) is 25.5 Å². The molecule has 0 fully saturated rings. The number of hydrogen-bond acceptors (Lipinski definition) is 3. The van der Waals surface area contributed by atoms with Crippen LogP contribution >= 0.6 is 0 Å². The molecular weight excluding hydrogens is 304 g/mol. The zero-order valence-corrected chi connectivity index (χ0v) is 14.2. The standard InChI is InChI=1S/C19H22N2O3/c1-4-21(16-8-6-5-7-9-16)19(23)18(22)20-14(2)15-10-12-17(24-3)13-11-15/h5-14H,4H2,1-3H3,(H,20,22). The maximum atomic E-state index is 12.4. The second-order valence-corrected chi connectivity index (χ2v) is 5.35. The molecule has 5 heteroatoms. The number of likely N-dealkylation sites (N-methyl/N-ethyl adjacent to an activating group) is 1. The van der Waals surface area contributed by atoms with Gasteiger partial charge in [0, 0.05) is 12.2 Å². The van der Waals surface area contributed by atoms with Gasteiger partial charge >= 0.3 is 11.8 Å². The normalized spacial score (nSPS) is 11.5. The fourth-order valence-corrected chi connectivity index (χ4v) is 2.41. The van der Waals surface area contributed by atoms with E-state index in [2.05, 4.69) is 5.32 Å². The van der Waals surface area contributed by atoms with Crippen LogP contribution in [0.4, 0.5) is 5.69 Å². The van der Waals surface area contributed by atoms with Crippen LogP contribution in [0.2, 0.25) is 0 Å². The minimum absolute atomic E-state index is 0.276. The predicted molar refractivity (Wildman–Crippen MR) is 94.0 cm³/mol. The second kappa shape index (κ2) is 8.15. The van der Waals surface area contributed by atoms with Crippen molar-refractivity contribution in [3.05, 3.63) is 60.2 Å². The van der Waals surface area contributed by atoms with Crippen molar-refractivity contribution in [3.8, 4) is 5.75 Å². The highest BCUT2D eigenvalue weighted by molar-refractivity contribution is 6.40. The molecule has 126 valence electrons. The number of carbonyl (C=O) groups is 2. The number of ether oxygens (including phenoxy) is 1. The molecule has 0 radical (unpaired) electrons. The van der Waals surface area contributed by atoms with Crippen molar-refractivity contribution in [3.63, 3.8) is 0 Å². The first-order valence-corrected chi connectivity index (χ1v) is 7.88. The molecule has 0 aliphatic carbocycles. The highest BCUT2D eigenvalue weighted by Crippen LogP contribution is 2.18. The van der Waals surface area contributed by atoms with E-state index >= 15 is 0 Å². The summed E-state index contributed by atoms with van der Waals surface area (Å²) < 4.78 is 5.12. The van der Waals surface area contributed by atoms with Crippen molar-refractivity contribution in [1.82, 2.24) is 5.32 Å². The number of para-hydroxylation sites is 1. The van der Waals surface area contributed by atoms with E-state index in [-0.39, 0.29) is 6.04 Å². The average Bonchev–Trinajstić information content (AvgIpc) is 2.63. The van der Waals surface area contributed by atoms with Crippen LogP contribution in [0, 0.1) is 0 Å². The van der Waals surface area contributed by atoms with Crippen molar-refractivity contribution in [2.45, 2.75) is 19.9 Å². The van der Waals surface area contributed by atoms with Crippen LogP contribution in [0.3, 0.4) is 0 Å². The zero-order valence-electron chi connectivity index (χ0n) is 14.2. The fraction of sp³-hybridized carbons (Fsp3) is 0.263. The Balaban J connectivity index is 2.05. The Morgan fingerprint density at radius 3 is 2.25 bits per heavy atom. The van der Waals surface area contributed by atoms with Gasteiger partial charge in [-0.3, -0.25) is 9.59 Å². The van der Waals surface area contributed by atoms with Gasteiger partial charge in [-0.05, 0) is 43.7 Å². The number of amides is 2. The molecular formula is C19H22N2O3. The van der Waals surface area contributed by atoms with E-state index in [4.69, 9.17) is 4.74 Å². The number of nitrogens with zero attached hydrogens (tertiary/aromatic N) is 1. The Labute approximate surface area is 142 Å². The molecule has 0 spiro atoms. The highest BCUT2D eigenvalue weighted by atomic mass is 16.5.